The molecule has 1 fully saturated rings. The smallest absolute Gasteiger partial charge is 0.291 e. The van der Waals surface area contributed by atoms with E-state index in [1.54, 1.807) is 6.07 Å². The van der Waals surface area contributed by atoms with Gasteiger partial charge in [-0.2, -0.15) is 0 Å². The number of nitrogens with zero attached hydrogens (tertiary/aromatic N) is 1. The fraction of sp³-hybridized carbons (Fsp3) is 0.375. The standard InChI is InChI=1S/C16H19N5O5S/c17-13-12(19-14(23)10-4-2-6-26-10)15(24)21-16(20-13)27-8-11(22)18-7-9-3-1-5-25-9/h2,4,6,9H,1,3,5,7-8H2,(H,18,22)(H,19,23)(H3,17,20,21,24)/t9-/m0/s1. The highest BCUT2D eigenvalue weighted by Crippen LogP contribution is 2.17. The molecule has 1 atom stereocenters. The summed E-state index contributed by atoms with van der Waals surface area (Å²) in [5, 5.41) is 5.31. The normalized spacial score (nSPS) is 16.2. The van der Waals surface area contributed by atoms with E-state index in [1.807, 2.05) is 0 Å². The number of aromatic nitrogens is 2. The maximum atomic E-state index is 12.2. The molecular formula is C16H19N5O5S. The summed E-state index contributed by atoms with van der Waals surface area (Å²) in [6.07, 6.45) is 3.33. The number of ether oxygens (including phenoxy) is 1. The Morgan fingerprint density at radius 3 is 2.96 bits per heavy atom. The van der Waals surface area contributed by atoms with Crippen molar-refractivity contribution in [3.05, 3.63) is 34.5 Å². The monoisotopic (exact) mass is 393 g/mol. The van der Waals surface area contributed by atoms with Gasteiger partial charge in [0.25, 0.3) is 11.5 Å². The first-order valence-electron chi connectivity index (χ1n) is 8.28. The van der Waals surface area contributed by atoms with Crippen molar-refractivity contribution in [1.29, 1.82) is 0 Å². The molecule has 0 aliphatic carbocycles. The van der Waals surface area contributed by atoms with Crippen LogP contribution in [-0.2, 0) is 9.53 Å². The lowest BCUT2D eigenvalue weighted by Crippen LogP contribution is -2.33. The number of anilines is 2. The third-order valence-electron chi connectivity index (χ3n) is 3.80. The molecule has 0 radical (unpaired) electrons. The van der Waals surface area contributed by atoms with Gasteiger partial charge in [-0.05, 0) is 25.0 Å². The lowest BCUT2D eigenvalue weighted by atomic mass is 10.2. The van der Waals surface area contributed by atoms with Gasteiger partial charge in [0, 0.05) is 13.2 Å². The molecule has 5 N–H and O–H groups in total. The highest BCUT2D eigenvalue weighted by molar-refractivity contribution is 7.99. The fourth-order valence-electron chi connectivity index (χ4n) is 2.46. The molecule has 1 saturated heterocycles. The number of aromatic amines is 1. The van der Waals surface area contributed by atoms with E-state index in [2.05, 4.69) is 20.6 Å². The van der Waals surface area contributed by atoms with E-state index in [1.165, 1.54) is 12.3 Å². The van der Waals surface area contributed by atoms with E-state index in [0.717, 1.165) is 31.2 Å². The maximum Gasteiger partial charge on any atom is 0.291 e. The van der Waals surface area contributed by atoms with Crippen LogP contribution in [0.3, 0.4) is 0 Å². The molecule has 1 aliphatic heterocycles. The minimum atomic E-state index is -0.621. The minimum absolute atomic E-state index is 0.0372. The Morgan fingerprint density at radius 2 is 2.30 bits per heavy atom. The first kappa shape index (κ1) is 19.0. The Bertz CT molecular complexity index is 861. The fourth-order valence-corrected chi connectivity index (χ4v) is 3.16. The zero-order valence-electron chi connectivity index (χ0n) is 14.3. The van der Waals surface area contributed by atoms with Crippen LogP contribution >= 0.6 is 11.8 Å². The summed E-state index contributed by atoms with van der Waals surface area (Å²) in [4.78, 5) is 42.5. The number of furan rings is 1. The van der Waals surface area contributed by atoms with E-state index < -0.39 is 11.5 Å². The topological polar surface area (TPSA) is 152 Å². The molecule has 0 bridgehead atoms. The molecule has 3 heterocycles. The van der Waals surface area contributed by atoms with Crippen molar-refractivity contribution in [3.8, 4) is 0 Å². The summed E-state index contributed by atoms with van der Waals surface area (Å²) in [6, 6.07) is 3.00. The van der Waals surface area contributed by atoms with Gasteiger partial charge >= 0.3 is 0 Å². The number of nitrogens with two attached hydrogens (primary N) is 1. The van der Waals surface area contributed by atoms with Gasteiger partial charge in [0.2, 0.25) is 5.91 Å². The molecule has 27 heavy (non-hydrogen) atoms. The van der Waals surface area contributed by atoms with Crippen molar-refractivity contribution in [1.82, 2.24) is 15.3 Å². The van der Waals surface area contributed by atoms with Crippen molar-refractivity contribution < 1.29 is 18.7 Å². The molecule has 2 aromatic heterocycles. The van der Waals surface area contributed by atoms with Crippen LogP contribution in [0.2, 0.25) is 0 Å². The molecule has 144 valence electrons. The van der Waals surface area contributed by atoms with E-state index in [-0.39, 0.29) is 40.2 Å². The number of hydrogen-bond acceptors (Lipinski definition) is 8. The van der Waals surface area contributed by atoms with Gasteiger partial charge in [0.1, 0.15) is 0 Å². The summed E-state index contributed by atoms with van der Waals surface area (Å²) in [7, 11) is 0. The van der Waals surface area contributed by atoms with Gasteiger partial charge in [-0.25, -0.2) is 4.98 Å². The van der Waals surface area contributed by atoms with Crippen molar-refractivity contribution in [2.45, 2.75) is 24.1 Å². The summed E-state index contributed by atoms with van der Waals surface area (Å²) in [5.74, 6) is -0.872. The quantitative estimate of drug-likeness (QED) is 0.394. The first-order chi connectivity index (χ1) is 13.0. The second-order valence-corrected chi connectivity index (χ2v) is 6.75. The molecule has 10 nitrogen and oxygen atoms in total. The zero-order valence-corrected chi connectivity index (χ0v) is 15.1. The second-order valence-electron chi connectivity index (χ2n) is 5.79. The predicted molar refractivity (Wildman–Crippen MR) is 98.6 cm³/mol. The minimum Gasteiger partial charge on any atom is -0.459 e. The lowest BCUT2D eigenvalue weighted by molar-refractivity contribution is -0.119. The molecule has 3 rings (SSSR count). The molecule has 11 heteroatoms. The number of carbonyl (C=O) groups is 2. The summed E-state index contributed by atoms with van der Waals surface area (Å²) in [5.41, 5.74) is 4.97. The Labute approximate surface area is 158 Å². The van der Waals surface area contributed by atoms with Crippen molar-refractivity contribution in [2.75, 3.05) is 30.0 Å². The Hall–Kier alpha value is -2.79. The highest BCUT2D eigenvalue weighted by Gasteiger charge is 2.18. The van der Waals surface area contributed by atoms with E-state index in [0.29, 0.717) is 6.54 Å². The maximum absolute atomic E-state index is 12.2. The van der Waals surface area contributed by atoms with E-state index in [4.69, 9.17) is 14.9 Å². The third-order valence-corrected chi connectivity index (χ3v) is 4.67. The van der Waals surface area contributed by atoms with Gasteiger partial charge < -0.3 is 25.5 Å². The Morgan fingerprint density at radius 1 is 1.44 bits per heavy atom. The molecular weight excluding hydrogens is 374 g/mol. The number of amides is 2. The molecule has 1 aliphatic rings. The molecule has 0 spiro atoms. The SMILES string of the molecule is Nc1nc(SCC(=O)NC[C@@H]2CCCO2)[nH]c(=O)c1NC(=O)c1ccco1. The van der Waals surface area contributed by atoms with Gasteiger partial charge in [-0.3, -0.25) is 19.4 Å². The summed E-state index contributed by atoms with van der Waals surface area (Å²) < 4.78 is 10.4. The van der Waals surface area contributed by atoms with Crippen LogP contribution in [0.25, 0.3) is 0 Å². The van der Waals surface area contributed by atoms with Gasteiger partial charge in [-0.15, -0.1) is 0 Å². The average Bonchev–Trinajstić information content (AvgIpc) is 3.34. The van der Waals surface area contributed by atoms with Crippen LogP contribution in [0.1, 0.15) is 23.4 Å². The average molecular weight is 393 g/mol. The summed E-state index contributed by atoms with van der Waals surface area (Å²) in [6.45, 7) is 1.19. The van der Waals surface area contributed by atoms with Crippen molar-refractivity contribution in [2.24, 2.45) is 0 Å². The first-order valence-corrected chi connectivity index (χ1v) is 9.27. The number of rotatable bonds is 7. The van der Waals surface area contributed by atoms with Gasteiger partial charge in [0.05, 0.1) is 18.1 Å². The van der Waals surface area contributed by atoms with Crippen LogP contribution in [0.15, 0.2) is 32.8 Å². The Kier molecular flexibility index (Phi) is 6.14. The number of carbonyl (C=O) groups excluding carboxylic acids is 2. The zero-order chi connectivity index (χ0) is 19.2. The predicted octanol–water partition coefficient (Wildman–Crippen LogP) is 0.585. The van der Waals surface area contributed by atoms with Gasteiger partial charge in [0.15, 0.2) is 22.4 Å². The van der Waals surface area contributed by atoms with Crippen LogP contribution in [0.5, 0.6) is 0 Å². The number of H-pyrrole nitrogens is 1. The third kappa shape index (κ3) is 5.11. The van der Waals surface area contributed by atoms with Crippen LogP contribution in [0.4, 0.5) is 11.5 Å². The number of thioether (sulfide) groups is 1. The van der Waals surface area contributed by atoms with Crippen LogP contribution in [0, 0.1) is 0 Å². The van der Waals surface area contributed by atoms with Crippen molar-refractivity contribution >= 4 is 35.1 Å². The van der Waals surface area contributed by atoms with Crippen LogP contribution < -0.4 is 21.9 Å². The molecule has 2 amide bonds. The number of nitrogens with one attached hydrogen (secondary N) is 3. The molecule has 0 aromatic carbocycles. The Balaban J connectivity index is 1.55. The summed E-state index contributed by atoms with van der Waals surface area (Å²) >= 11 is 1.03. The van der Waals surface area contributed by atoms with E-state index in [9.17, 15) is 14.4 Å². The van der Waals surface area contributed by atoms with Gasteiger partial charge in [-0.1, -0.05) is 11.8 Å². The molecule has 0 unspecified atom stereocenters. The molecule has 2 aromatic rings. The number of hydrogen-bond donors (Lipinski definition) is 4. The van der Waals surface area contributed by atoms with E-state index >= 15 is 0 Å². The largest absolute Gasteiger partial charge is 0.459 e. The highest BCUT2D eigenvalue weighted by atomic mass is 32.2. The number of nitrogen functional groups attached to an aromatic ring is 1. The van der Waals surface area contributed by atoms with Crippen molar-refractivity contribution in [3.63, 3.8) is 0 Å². The second kappa shape index (κ2) is 8.73. The van der Waals surface area contributed by atoms with Crippen LogP contribution in [-0.4, -0.2) is 46.8 Å². The lowest BCUT2D eigenvalue weighted by Gasteiger charge is -2.10. The molecule has 0 saturated carbocycles.